The second kappa shape index (κ2) is 5.43. The third-order valence-corrected chi connectivity index (χ3v) is 2.84. The fourth-order valence-corrected chi connectivity index (χ4v) is 1.80. The van der Waals surface area contributed by atoms with Crippen molar-refractivity contribution in [2.75, 3.05) is 5.32 Å². The molecule has 1 amide bonds. The molecule has 0 aliphatic carbocycles. The van der Waals surface area contributed by atoms with Crippen molar-refractivity contribution in [1.29, 1.82) is 0 Å². The minimum absolute atomic E-state index is 0.332. The van der Waals surface area contributed by atoms with Gasteiger partial charge in [0.15, 0.2) is 0 Å². The molecule has 1 aromatic carbocycles. The molecule has 0 saturated heterocycles. The van der Waals surface area contributed by atoms with Crippen molar-refractivity contribution in [1.82, 2.24) is 4.98 Å². The standard InChI is InChI=1S/C14H11F3N2O2/c1-8-11(19-13(20)21)6-7-12(18-8)9-2-4-10(5-3-9)14(15,16)17/h2-7,19H,1H3,(H,20,21). The number of aryl methyl sites for hydroxylation is 1. The third-order valence-electron chi connectivity index (χ3n) is 2.84. The number of benzene rings is 1. The van der Waals surface area contributed by atoms with E-state index in [-0.39, 0.29) is 0 Å². The molecule has 4 nitrogen and oxygen atoms in total. The Morgan fingerprint density at radius 3 is 2.24 bits per heavy atom. The van der Waals surface area contributed by atoms with Gasteiger partial charge < -0.3 is 5.11 Å². The predicted octanol–water partition coefficient (Wildman–Crippen LogP) is 4.17. The van der Waals surface area contributed by atoms with Crippen molar-refractivity contribution < 1.29 is 23.1 Å². The topological polar surface area (TPSA) is 62.2 Å². The van der Waals surface area contributed by atoms with E-state index in [4.69, 9.17) is 5.11 Å². The van der Waals surface area contributed by atoms with Gasteiger partial charge in [0, 0.05) is 5.56 Å². The fourth-order valence-electron chi connectivity index (χ4n) is 1.80. The summed E-state index contributed by atoms with van der Waals surface area (Å²) in [4.78, 5) is 14.7. The predicted molar refractivity (Wildman–Crippen MR) is 71.1 cm³/mol. The number of nitrogens with one attached hydrogen (secondary N) is 1. The van der Waals surface area contributed by atoms with Gasteiger partial charge in [0.25, 0.3) is 0 Å². The molecule has 21 heavy (non-hydrogen) atoms. The minimum atomic E-state index is -4.38. The molecule has 0 aliphatic rings. The number of aromatic nitrogens is 1. The average molecular weight is 296 g/mol. The lowest BCUT2D eigenvalue weighted by molar-refractivity contribution is -0.137. The maximum Gasteiger partial charge on any atom is 0.416 e. The van der Waals surface area contributed by atoms with Gasteiger partial charge in [-0.25, -0.2) is 4.79 Å². The molecule has 7 heteroatoms. The quantitative estimate of drug-likeness (QED) is 0.874. The number of nitrogens with zero attached hydrogens (tertiary/aromatic N) is 1. The van der Waals surface area contributed by atoms with Crippen LogP contribution < -0.4 is 5.32 Å². The first kappa shape index (κ1) is 14.8. The summed E-state index contributed by atoms with van der Waals surface area (Å²) in [7, 11) is 0. The van der Waals surface area contributed by atoms with Crippen molar-refractivity contribution >= 4 is 11.8 Å². The van der Waals surface area contributed by atoms with Crippen LogP contribution in [0.25, 0.3) is 11.3 Å². The van der Waals surface area contributed by atoms with Gasteiger partial charge in [0.05, 0.1) is 22.6 Å². The fraction of sp³-hybridized carbons (Fsp3) is 0.143. The van der Waals surface area contributed by atoms with E-state index >= 15 is 0 Å². The van der Waals surface area contributed by atoms with Gasteiger partial charge in [0.2, 0.25) is 0 Å². The highest BCUT2D eigenvalue weighted by atomic mass is 19.4. The van der Waals surface area contributed by atoms with Crippen molar-refractivity contribution in [2.45, 2.75) is 13.1 Å². The van der Waals surface area contributed by atoms with Gasteiger partial charge in [0.1, 0.15) is 0 Å². The van der Waals surface area contributed by atoms with Crippen LogP contribution in [0.2, 0.25) is 0 Å². The largest absolute Gasteiger partial charge is 0.465 e. The lowest BCUT2D eigenvalue weighted by atomic mass is 10.1. The second-order valence-corrected chi connectivity index (χ2v) is 4.33. The van der Waals surface area contributed by atoms with E-state index in [0.717, 1.165) is 12.1 Å². The van der Waals surface area contributed by atoms with Crippen LogP contribution in [0.1, 0.15) is 11.3 Å². The molecule has 110 valence electrons. The van der Waals surface area contributed by atoms with E-state index in [1.54, 1.807) is 13.0 Å². The molecule has 2 rings (SSSR count). The zero-order chi connectivity index (χ0) is 15.6. The Balaban J connectivity index is 2.30. The van der Waals surface area contributed by atoms with E-state index in [1.807, 2.05) is 0 Å². The van der Waals surface area contributed by atoms with Gasteiger partial charge in [-0.2, -0.15) is 13.2 Å². The number of hydrogen-bond donors (Lipinski definition) is 2. The summed E-state index contributed by atoms with van der Waals surface area (Å²) in [5.74, 6) is 0. The van der Waals surface area contributed by atoms with E-state index in [1.165, 1.54) is 18.2 Å². The Hall–Kier alpha value is -2.57. The summed E-state index contributed by atoms with van der Waals surface area (Å²) < 4.78 is 37.4. The Labute approximate surface area is 118 Å². The van der Waals surface area contributed by atoms with E-state index in [2.05, 4.69) is 10.3 Å². The second-order valence-electron chi connectivity index (χ2n) is 4.33. The first-order chi connectivity index (χ1) is 9.77. The number of amides is 1. The summed E-state index contributed by atoms with van der Waals surface area (Å²) in [6.07, 6.45) is -5.58. The summed E-state index contributed by atoms with van der Waals surface area (Å²) in [5, 5.41) is 10.8. The molecule has 0 radical (unpaired) electrons. The normalized spacial score (nSPS) is 11.2. The van der Waals surface area contributed by atoms with Gasteiger partial charge >= 0.3 is 12.3 Å². The zero-order valence-electron chi connectivity index (χ0n) is 10.9. The van der Waals surface area contributed by atoms with Crippen LogP contribution in [0.3, 0.4) is 0 Å². The molecule has 0 spiro atoms. The molecular formula is C14H11F3N2O2. The lowest BCUT2D eigenvalue weighted by Crippen LogP contribution is -2.09. The number of carboxylic acid groups (broad SMARTS) is 1. The van der Waals surface area contributed by atoms with Crippen LogP contribution in [0.4, 0.5) is 23.7 Å². The van der Waals surface area contributed by atoms with Crippen LogP contribution in [-0.4, -0.2) is 16.2 Å². The van der Waals surface area contributed by atoms with E-state index in [9.17, 15) is 18.0 Å². The first-order valence-electron chi connectivity index (χ1n) is 5.92. The molecule has 0 atom stereocenters. The highest BCUT2D eigenvalue weighted by molar-refractivity contribution is 5.84. The van der Waals surface area contributed by atoms with E-state index in [0.29, 0.717) is 22.6 Å². The molecule has 0 fully saturated rings. The van der Waals surface area contributed by atoms with Crippen LogP contribution in [0.5, 0.6) is 0 Å². The minimum Gasteiger partial charge on any atom is -0.465 e. The number of hydrogen-bond acceptors (Lipinski definition) is 2. The molecule has 0 saturated carbocycles. The summed E-state index contributed by atoms with van der Waals surface area (Å²) in [6.45, 7) is 1.61. The van der Waals surface area contributed by atoms with Crippen LogP contribution in [0, 0.1) is 6.92 Å². The van der Waals surface area contributed by atoms with Gasteiger partial charge in [-0.1, -0.05) is 12.1 Å². The van der Waals surface area contributed by atoms with Crippen molar-refractivity contribution in [3.63, 3.8) is 0 Å². The highest BCUT2D eigenvalue weighted by Crippen LogP contribution is 2.31. The smallest absolute Gasteiger partial charge is 0.416 e. The summed E-state index contributed by atoms with van der Waals surface area (Å²) >= 11 is 0. The monoisotopic (exact) mass is 296 g/mol. The summed E-state index contributed by atoms with van der Waals surface area (Å²) in [5.41, 5.74) is 1.03. The zero-order valence-corrected chi connectivity index (χ0v) is 10.9. The van der Waals surface area contributed by atoms with Crippen molar-refractivity contribution in [3.05, 3.63) is 47.7 Å². The van der Waals surface area contributed by atoms with Crippen LogP contribution >= 0.6 is 0 Å². The Kier molecular flexibility index (Phi) is 3.84. The lowest BCUT2D eigenvalue weighted by Gasteiger charge is -2.09. The number of halogens is 3. The first-order valence-corrected chi connectivity index (χ1v) is 5.92. The molecule has 0 bridgehead atoms. The van der Waals surface area contributed by atoms with Gasteiger partial charge in [-0.3, -0.25) is 10.3 Å². The SMILES string of the molecule is Cc1nc(-c2ccc(C(F)(F)F)cc2)ccc1NC(=O)O. The van der Waals surface area contributed by atoms with Crippen molar-refractivity contribution in [2.24, 2.45) is 0 Å². The Morgan fingerprint density at radius 1 is 1.14 bits per heavy atom. The molecule has 0 unspecified atom stereocenters. The Bertz CT molecular complexity index is 667. The maximum absolute atomic E-state index is 12.5. The number of anilines is 1. The number of pyridine rings is 1. The van der Waals surface area contributed by atoms with Gasteiger partial charge in [-0.05, 0) is 31.2 Å². The maximum atomic E-state index is 12.5. The van der Waals surface area contributed by atoms with Crippen molar-refractivity contribution in [3.8, 4) is 11.3 Å². The molecule has 0 aliphatic heterocycles. The van der Waals surface area contributed by atoms with Crippen LogP contribution in [-0.2, 0) is 6.18 Å². The van der Waals surface area contributed by atoms with E-state index < -0.39 is 17.8 Å². The average Bonchev–Trinajstić information content (AvgIpc) is 2.40. The number of alkyl halides is 3. The Morgan fingerprint density at radius 2 is 1.76 bits per heavy atom. The van der Waals surface area contributed by atoms with Crippen LogP contribution in [0.15, 0.2) is 36.4 Å². The molecule has 2 N–H and O–H groups in total. The number of rotatable bonds is 2. The van der Waals surface area contributed by atoms with Gasteiger partial charge in [-0.15, -0.1) is 0 Å². The molecule has 1 heterocycles. The molecule has 1 aromatic heterocycles. The highest BCUT2D eigenvalue weighted by Gasteiger charge is 2.30. The number of carbonyl (C=O) groups is 1. The third kappa shape index (κ3) is 3.50. The molecular weight excluding hydrogens is 285 g/mol. The summed E-state index contributed by atoms with van der Waals surface area (Å²) in [6, 6.07) is 7.68. The molecule has 2 aromatic rings.